The van der Waals surface area contributed by atoms with Gasteiger partial charge >= 0.3 is 0 Å². The summed E-state index contributed by atoms with van der Waals surface area (Å²) in [7, 11) is -3.25. The van der Waals surface area contributed by atoms with Crippen LogP contribution >= 0.6 is 0 Å². The van der Waals surface area contributed by atoms with Crippen LogP contribution < -0.4 is 4.72 Å². The number of carbonyl (C=O) groups excluding carboxylic acids is 1. The minimum Gasteiger partial charge on any atom is -0.334 e. The Kier molecular flexibility index (Phi) is 5.71. The molecule has 6 heteroatoms. The Balaban J connectivity index is 2.13. The Labute approximate surface area is 145 Å². The van der Waals surface area contributed by atoms with Crippen LogP contribution in [0, 0.1) is 0 Å². The molecule has 1 fully saturated rings. The highest BCUT2D eigenvalue weighted by Gasteiger charge is 2.28. The predicted octanol–water partition coefficient (Wildman–Crippen LogP) is 2.53. The van der Waals surface area contributed by atoms with E-state index in [-0.39, 0.29) is 23.9 Å². The molecule has 1 unspecified atom stereocenters. The van der Waals surface area contributed by atoms with Gasteiger partial charge in [0.1, 0.15) is 0 Å². The van der Waals surface area contributed by atoms with Gasteiger partial charge in [-0.15, -0.1) is 0 Å². The van der Waals surface area contributed by atoms with Crippen LogP contribution in [0.1, 0.15) is 56.0 Å². The van der Waals surface area contributed by atoms with Crippen molar-refractivity contribution in [3.8, 4) is 0 Å². The highest BCUT2D eigenvalue weighted by molar-refractivity contribution is 7.88. The molecule has 0 radical (unpaired) electrons. The normalized spacial score (nSPS) is 19.3. The van der Waals surface area contributed by atoms with Crippen LogP contribution in [0.15, 0.2) is 24.3 Å². The Hall–Kier alpha value is -1.40. The number of likely N-dealkylation sites (tertiary alicyclic amines) is 1. The van der Waals surface area contributed by atoms with Gasteiger partial charge in [0.2, 0.25) is 10.0 Å². The van der Waals surface area contributed by atoms with Gasteiger partial charge in [0.05, 0.1) is 6.26 Å². The molecule has 0 bridgehead atoms. The van der Waals surface area contributed by atoms with Crippen molar-refractivity contribution in [2.75, 3.05) is 19.3 Å². The quantitative estimate of drug-likeness (QED) is 0.905. The fourth-order valence-electron chi connectivity index (χ4n) is 3.01. The maximum absolute atomic E-state index is 12.8. The molecule has 1 aliphatic heterocycles. The average Bonchev–Trinajstić information content (AvgIpc) is 2.51. The number of nitrogens with zero attached hydrogens (tertiary/aromatic N) is 1. The number of nitrogens with one attached hydrogen (secondary N) is 1. The van der Waals surface area contributed by atoms with Crippen LogP contribution in [0.5, 0.6) is 0 Å². The molecule has 0 aromatic heterocycles. The van der Waals surface area contributed by atoms with Gasteiger partial charge in [-0.2, -0.15) is 0 Å². The van der Waals surface area contributed by atoms with E-state index in [2.05, 4.69) is 25.5 Å². The van der Waals surface area contributed by atoms with Crippen LogP contribution in [0.4, 0.5) is 0 Å². The molecule has 1 amide bonds. The molecule has 0 aliphatic carbocycles. The molecule has 1 aliphatic rings. The first-order valence-corrected chi connectivity index (χ1v) is 10.3. The maximum atomic E-state index is 12.8. The standard InChI is InChI=1S/C18H28N2O3S/c1-18(2,3)15-10-8-14(9-11-15)17(21)20-12-6-5-7-16(20)13-19-24(4,22)23/h8-11,16,19H,5-7,12-13H2,1-4H3. The van der Waals surface area contributed by atoms with Crippen LogP contribution in [-0.4, -0.2) is 44.6 Å². The summed E-state index contributed by atoms with van der Waals surface area (Å²) < 4.78 is 25.2. The van der Waals surface area contributed by atoms with E-state index in [0.29, 0.717) is 12.1 Å². The van der Waals surface area contributed by atoms with Gasteiger partial charge in [-0.25, -0.2) is 13.1 Å². The van der Waals surface area contributed by atoms with Crippen molar-refractivity contribution in [3.63, 3.8) is 0 Å². The van der Waals surface area contributed by atoms with E-state index in [1.54, 1.807) is 0 Å². The molecular weight excluding hydrogens is 324 g/mol. The first-order valence-electron chi connectivity index (χ1n) is 8.44. The molecule has 0 spiro atoms. The lowest BCUT2D eigenvalue weighted by atomic mass is 9.86. The largest absolute Gasteiger partial charge is 0.334 e. The Morgan fingerprint density at radius 1 is 1.21 bits per heavy atom. The van der Waals surface area contributed by atoms with Gasteiger partial charge in [-0.05, 0) is 42.4 Å². The molecule has 1 N–H and O–H groups in total. The molecule has 1 aromatic rings. The number of rotatable bonds is 4. The minimum atomic E-state index is -3.25. The number of sulfonamides is 1. The molecule has 5 nitrogen and oxygen atoms in total. The maximum Gasteiger partial charge on any atom is 0.254 e. The Morgan fingerprint density at radius 2 is 1.83 bits per heavy atom. The zero-order valence-electron chi connectivity index (χ0n) is 15.0. The monoisotopic (exact) mass is 352 g/mol. The third-order valence-electron chi connectivity index (χ3n) is 4.47. The summed E-state index contributed by atoms with van der Waals surface area (Å²) in [5, 5.41) is 0. The Bertz CT molecular complexity index is 675. The summed E-state index contributed by atoms with van der Waals surface area (Å²) in [6.07, 6.45) is 3.95. The molecule has 0 saturated carbocycles. The molecule has 1 saturated heterocycles. The SMILES string of the molecule is CC(C)(C)c1ccc(C(=O)N2CCCCC2CNS(C)(=O)=O)cc1. The first kappa shape index (κ1) is 18.9. The smallest absolute Gasteiger partial charge is 0.254 e. The summed E-state index contributed by atoms with van der Waals surface area (Å²) in [5.74, 6) is -0.0181. The fourth-order valence-corrected chi connectivity index (χ4v) is 3.50. The van der Waals surface area contributed by atoms with Gasteiger partial charge < -0.3 is 4.90 Å². The second-order valence-electron chi connectivity index (χ2n) is 7.60. The van der Waals surface area contributed by atoms with E-state index in [1.165, 1.54) is 5.56 Å². The van der Waals surface area contributed by atoms with Gasteiger partial charge in [0, 0.05) is 24.7 Å². The molecule has 1 atom stereocenters. The highest BCUT2D eigenvalue weighted by atomic mass is 32.2. The van der Waals surface area contributed by atoms with Crippen molar-refractivity contribution < 1.29 is 13.2 Å². The third kappa shape index (κ3) is 5.05. The number of piperidine rings is 1. The first-order chi connectivity index (χ1) is 11.1. The third-order valence-corrected chi connectivity index (χ3v) is 5.16. The summed E-state index contributed by atoms with van der Waals surface area (Å²) in [5.41, 5.74) is 1.90. The second kappa shape index (κ2) is 7.23. The fraction of sp³-hybridized carbons (Fsp3) is 0.611. The van der Waals surface area contributed by atoms with Gasteiger partial charge in [-0.3, -0.25) is 4.79 Å². The van der Waals surface area contributed by atoms with E-state index >= 15 is 0 Å². The lowest BCUT2D eigenvalue weighted by Crippen LogP contribution is -2.49. The molecule has 2 rings (SSSR count). The topological polar surface area (TPSA) is 66.5 Å². The number of hydrogen-bond acceptors (Lipinski definition) is 3. The summed E-state index contributed by atoms with van der Waals surface area (Å²) in [6, 6.07) is 7.67. The number of carbonyl (C=O) groups is 1. The van der Waals surface area contributed by atoms with Crippen molar-refractivity contribution in [1.29, 1.82) is 0 Å². The second-order valence-corrected chi connectivity index (χ2v) is 9.43. The minimum absolute atomic E-state index is 0.0181. The van der Waals surface area contributed by atoms with Crippen LogP contribution in [-0.2, 0) is 15.4 Å². The molecule has 1 heterocycles. The van der Waals surface area contributed by atoms with Gasteiger partial charge in [0.25, 0.3) is 5.91 Å². The summed E-state index contributed by atoms with van der Waals surface area (Å²) >= 11 is 0. The van der Waals surface area contributed by atoms with E-state index in [4.69, 9.17) is 0 Å². The van der Waals surface area contributed by atoms with E-state index < -0.39 is 10.0 Å². The molecule has 1 aromatic carbocycles. The van der Waals surface area contributed by atoms with Crippen molar-refractivity contribution in [2.24, 2.45) is 0 Å². The Morgan fingerprint density at radius 3 is 2.38 bits per heavy atom. The number of benzene rings is 1. The average molecular weight is 352 g/mol. The van der Waals surface area contributed by atoms with E-state index in [9.17, 15) is 13.2 Å². The predicted molar refractivity (Wildman–Crippen MR) is 96.7 cm³/mol. The molecule has 24 heavy (non-hydrogen) atoms. The van der Waals surface area contributed by atoms with Gasteiger partial charge in [0.15, 0.2) is 0 Å². The van der Waals surface area contributed by atoms with Crippen molar-refractivity contribution in [3.05, 3.63) is 35.4 Å². The van der Waals surface area contributed by atoms with Crippen molar-refractivity contribution in [1.82, 2.24) is 9.62 Å². The number of amides is 1. The van der Waals surface area contributed by atoms with Crippen molar-refractivity contribution in [2.45, 2.75) is 51.5 Å². The molecule has 134 valence electrons. The zero-order chi connectivity index (χ0) is 18.0. The van der Waals surface area contributed by atoms with Crippen LogP contribution in [0.2, 0.25) is 0 Å². The van der Waals surface area contributed by atoms with E-state index in [0.717, 1.165) is 25.5 Å². The number of hydrogen-bond donors (Lipinski definition) is 1. The summed E-state index contributed by atoms with van der Waals surface area (Å²) in [4.78, 5) is 14.7. The lowest BCUT2D eigenvalue weighted by Gasteiger charge is -2.36. The van der Waals surface area contributed by atoms with Gasteiger partial charge in [-0.1, -0.05) is 32.9 Å². The lowest BCUT2D eigenvalue weighted by molar-refractivity contribution is 0.0618. The van der Waals surface area contributed by atoms with Crippen LogP contribution in [0.25, 0.3) is 0 Å². The summed E-state index contributed by atoms with van der Waals surface area (Å²) in [6.45, 7) is 7.38. The van der Waals surface area contributed by atoms with E-state index in [1.807, 2.05) is 29.2 Å². The van der Waals surface area contributed by atoms with Crippen LogP contribution in [0.3, 0.4) is 0 Å². The molecular formula is C18H28N2O3S. The van der Waals surface area contributed by atoms with Crippen molar-refractivity contribution >= 4 is 15.9 Å². The zero-order valence-corrected chi connectivity index (χ0v) is 15.8. The highest BCUT2D eigenvalue weighted by Crippen LogP contribution is 2.24.